The Hall–Kier alpha value is -2.48. The van der Waals surface area contributed by atoms with Gasteiger partial charge in [-0.15, -0.1) is 11.3 Å². The Bertz CT molecular complexity index is 966. The second-order valence-corrected chi connectivity index (χ2v) is 7.80. The lowest BCUT2D eigenvalue weighted by Crippen LogP contribution is -2.33. The maximum atomic E-state index is 12.3. The number of esters is 1. The Kier molecular flexibility index (Phi) is 4.82. The van der Waals surface area contributed by atoms with Crippen LogP contribution in [0, 0.1) is 13.8 Å². The molecular formula is C19H23N5O2S. The van der Waals surface area contributed by atoms with Gasteiger partial charge in [0, 0.05) is 31.5 Å². The summed E-state index contributed by atoms with van der Waals surface area (Å²) in [4.78, 5) is 29.7. The molecule has 27 heavy (non-hydrogen) atoms. The van der Waals surface area contributed by atoms with E-state index in [1.54, 1.807) is 6.20 Å². The Morgan fingerprint density at radius 2 is 2.22 bits per heavy atom. The van der Waals surface area contributed by atoms with Gasteiger partial charge >= 0.3 is 5.97 Å². The molecule has 0 aromatic carbocycles. The van der Waals surface area contributed by atoms with Crippen LogP contribution in [0.1, 0.15) is 40.8 Å². The van der Waals surface area contributed by atoms with E-state index in [4.69, 9.17) is 9.72 Å². The molecule has 0 amide bonds. The van der Waals surface area contributed by atoms with Gasteiger partial charge in [0.1, 0.15) is 21.3 Å². The van der Waals surface area contributed by atoms with Gasteiger partial charge < -0.3 is 14.2 Å². The molecule has 0 bridgehead atoms. The molecule has 7 nitrogen and oxygen atoms in total. The summed E-state index contributed by atoms with van der Waals surface area (Å²) >= 11 is 1.40. The molecule has 4 heterocycles. The Labute approximate surface area is 162 Å². The Balaban J connectivity index is 1.77. The largest absolute Gasteiger partial charge is 0.462 e. The minimum Gasteiger partial charge on any atom is -0.462 e. The molecule has 0 radical (unpaired) electrons. The number of rotatable bonds is 5. The molecule has 3 aromatic rings. The highest BCUT2D eigenvalue weighted by Gasteiger charge is 2.30. The number of carbonyl (C=O) groups excluding carboxylic acids is 1. The van der Waals surface area contributed by atoms with Gasteiger partial charge in [-0.3, -0.25) is 0 Å². The molecule has 1 aliphatic heterocycles. The molecule has 1 atom stereocenters. The normalized spacial score (nSPS) is 17.0. The average Bonchev–Trinajstić information content (AvgIpc) is 3.36. The van der Waals surface area contributed by atoms with Crippen LogP contribution < -0.4 is 4.90 Å². The van der Waals surface area contributed by atoms with Gasteiger partial charge in [-0.05, 0) is 39.2 Å². The van der Waals surface area contributed by atoms with Crippen molar-refractivity contribution in [2.75, 3.05) is 18.1 Å². The molecule has 1 saturated heterocycles. The van der Waals surface area contributed by atoms with Crippen LogP contribution in [-0.4, -0.2) is 44.7 Å². The quantitative estimate of drug-likeness (QED) is 0.627. The number of aryl methyl sites for hydroxylation is 2. The fourth-order valence-corrected chi connectivity index (χ4v) is 4.88. The van der Waals surface area contributed by atoms with Crippen LogP contribution in [0.3, 0.4) is 0 Å². The molecule has 1 unspecified atom stereocenters. The third-order valence-electron chi connectivity index (χ3n) is 4.97. The van der Waals surface area contributed by atoms with Gasteiger partial charge in [-0.2, -0.15) is 0 Å². The molecule has 0 saturated carbocycles. The van der Waals surface area contributed by atoms with Crippen molar-refractivity contribution in [1.82, 2.24) is 19.5 Å². The molecule has 142 valence electrons. The van der Waals surface area contributed by atoms with Crippen molar-refractivity contribution in [2.45, 2.75) is 46.2 Å². The molecular weight excluding hydrogens is 362 g/mol. The number of imidazole rings is 1. The number of carbonyl (C=O) groups is 1. The molecule has 0 spiro atoms. The van der Waals surface area contributed by atoms with Crippen LogP contribution in [0.5, 0.6) is 0 Å². The number of hydrogen-bond donors (Lipinski definition) is 0. The maximum absolute atomic E-state index is 12.3. The average molecular weight is 385 g/mol. The predicted octanol–water partition coefficient (Wildman–Crippen LogP) is 3.35. The van der Waals surface area contributed by atoms with E-state index in [-0.39, 0.29) is 5.97 Å². The summed E-state index contributed by atoms with van der Waals surface area (Å²) in [5, 5.41) is 0.978. The fraction of sp³-hybridized carbons (Fsp3) is 0.474. The van der Waals surface area contributed by atoms with E-state index in [1.165, 1.54) is 11.3 Å². The van der Waals surface area contributed by atoms with Crippen LogP contribution in [0.15, 0.2) is 18.7 Å². The van der Waals surface area contributed by atoms with E-state index in [0.717, 1.165) is 53.4 Å². The van der Waals surface area contributed by atoms with Gasteiger partial charge in [-0.1, -0.05) is 0 Å². The van der Waals surface area contributed by atoms with Crippen LogP contribution in [0.25, 0.3) is 10.2 Å². The molecule has 3 aromatic heterocycles. The summed E-state index contributed by atoms with van der Waals surface area (Å²) in [6, 6.07) is 0.349. The van der Waals surface area contributed by atoms with Gasteiger partial charge in [0.2, 0.25) is 0 Å². The lowest BCUT2D eigenvalue weighted by molar-refractivity contribution is 0.0531. The zero-order valence-corrected chi connectivity index (χ0v) is 16.6. The van der Waals surface area contributed by atoms with Crippen LogP contribution in [0.4, 0.5) is 5.82 Å². The number of anilines is 1. The standard InChI is InChI=1S/C19H23N5O2S/c1-4-26-19(25)16-12(2)15-17(21-13(3)22-18(15)27-16)24-8-5-6-14(24)10-23-9-7-20-11-23/h7,9,11,14H,4-6,8,10H2,1-3H3. The van der Waals surface area contributed by atoms with Crippen LogP contribution in [-0.2, 0) is 11.3 Å². The van der Waals surface area contributed by atoms with E-state index in [0.29, 0.717) is 17.5 Å². The highest BCUT2D eigenvalue weighted by molar-refractivity contribution is 7.20. The van der Waals surface area contributed by atoms with Crippen molar-refractivity contribution in [1.29, 1.82) is 0 Å². The van der Waals surface area contributed by atoms with E-state index in [1.807, 2.05) is 33.3 Å². The third kappa shape index (κ3) is 3.29. The molecule has 0 aliphatic carbocycles. The van der Waals surface area contributed by atoms with Gasteiger partial charge in [0.15, 0.2) is 0 Å². The summed E-state index contributed by atoms with van der Waals surface area (Å²) in [5.41, 5.74) is 0.914. The van der Waals surface area contributed by atoms with E-state index >= 15 is 0 Å². The zero-order valence-electron chi connectivity index (χ0n) is 15.8. The van der Waals surface area contributed by atoms with Crippen LogP contribution >= 0.6 is 11.3 Å². The fourth-order valence-electron chi connectivity index (χ4n) is 3.76. The smallest absolute Gasteiger partial charge is 0.348 e. The lowest BCUT2D eigenvalue weighted by Gasteiger charge is -2.27. The van der Waals surface area contributed by atoms with E-state index in [2.05, 4.69) is 19.4 Å². The first-order valence-electron chi connectivity index (χ1n) is 9.25. The second-order valence-electron chi connectivity index (χ2n) is 6.80. The van der Waals surface area contributed by atoms with Gasteiger partial charge in [-0.25, -0.2) is 19.7 Å². The molecule has 0 N–H and O–H groups in total. The summed E-state index contributed by atoms with van der Waals surface area (Å²) < 4.78 is 7.33. The van der Waals surface area contributed by atoms with Crippen molar-refractivity contribution >= 4 is 33.3 Å². The first-order valence-corrected chi connectivity index (χ1v) is 10.1. The number of nitrogens with zero attached hydrogens (tertiary/aromatic N) is 5. The number of aromatic nitrogens is 4. The number of fused-ring (bicyclic) bond motifs is 1. The minimum atomic E-state index is -0.280. The lowest BCUT2D eigenvalue weighted by atomic mass is 10.1. The molecule has 1 fully saturated rings. The van der Waals surface area contributed by atoms with Crippen molar-refractivity contribution < 1.29 is 9.53 Å². The SMILES string of the molecule is CCOC(=O)c1sc2nc(C)nc(N3CCCC3Cn3ccnc3)c2c1C. The van der Waals surface area contributed by atoms with Crippen molar-refractivity contribution in [2.24, 2.45) is 0 Å². The van der Waals surface area contributed by atoms with Crippen LogP contribution in [0.2, 0.25) is 0 Å². The summed E-state index contributed by atoms with van der Waals surface area (Å²) in [5.74, 6) is 1.38. The number of hydrogen-bond acceptors (Lipinski definition) is 7. The maximum Gasteiger partial charge on any atom is 0.348 e. The molecule has 1 aliphatic rings. The highest BCUT2D eigenvalue weighted by atomic mass is 32.1. The topological polar surface area (TPSA) is 73.1 Å². The Morgan fingerprint density at radius 3 is 2.96 bits per heavy atom. The molecule has 8 heteroatoms. The second kappa shape index (κ2) is 7.26. The van der Waals surface area contributed by atoms with Gasteiger partial charge in [0.25, 0.3) is 0 Å². The highest BCUT2D eigenvalue weighted by Crippen LogP contribution is 2.38. The van der Waals surface area contributed by atoms with Crippen molar-refractivity contribution in [3.05, 3.63) is 35.0 Å². The van der Waals surface area contributed by atoms with E-state index in [9.17, 15) is 4.79 Å². The first kappa shape index (κ1) is 17.9. The number of ether oxygens (including phenoxy) is 1. The third-order valence-corrected chi connectivity index (χ3v) is 6.14. The summed E-state index contributed by atoms with van der Waals surface area (Å²) in [6.07, 6.45) is 7.88. The summed E-state index contributed by atoms with van der Waals surface area (Å²) in [7, 11) is 0. The Morgan fingerprint density at radius 1 is 1.37 bits per heavy atom. The predicted molar refractivity (Wildman–Crippen MR) is 105 cm³/mol. The van der Waals surface area contributed by atoms with Crippen molar-refractivity contribution in [3.8, 4) is 0 Å². The van der Waals surface area contributed by atoms with Crippen molar-refractivity contribution in [3.63, 3.8) is 0 Å². The van der Waals surface area contributed by atoms with Gasteiger partial charge in [0.05, 0.1) is 18.3 Å². The molecule has 4 rings (SSSR count). The monoisotopic (exact) mass is 385 g/mol. The minimum absolute atomic E-state index is 0.280. The zero-order chi connectivity index (χ0) is 19.0. The van der Waals surface area contributed by atoms with E-state index < -0.39 is 0 Å². The summed E-state index contributed by atoms with van der Waals surface area (Å²) in [6.45, 7) is 7.88. The first-order chi connectivity index (χ1) is 13.1. The number of thiophene rings is 1.